The summed E-state index contributed by atoms with van der Waals surface area (Å²) in [6.07, 6.45) is 4.88. The number of nitrogen functional groups attached to an aromatic ring is 1. The molecule has 8 N–H and O–H groups in total. The lowest BCUT2D eigenvalue weighted by molar-refractivity contribution is -0.124. The molecule has 11 heteroatoms. The molecule has 0 spiro atoms. The minimum atomic E-state index is -1.69. The van der Waals surface area contributed by atoms with Crippen molar-refractivity contribution in [3.8, 4) is 11.3 Å². The van der Waals surface area contributed by atoms with Gasteiger partial charge in [0.1, 0.15) is 11.9 Å². The molecular weight excluding hydrogens is 538 g/mol. The Morgan fingerprint density at radius 1 is 1.07 bits per heavy atom. The Labute approximate surface area is 240 Å². The van der Waals surface area contributed by atoms with E-state index in [0.717, 1.165) is 18.4 Å². The molecule has 2 aromatic carbocycles. The maximum absolute atomic E-state index is 14.1. The number of Topliss-reactive ketones (excluding diaryl/α,β-unsaturated/α-hetero) is 1. The van der Waals surface area contributed by atoms with E-state index >= 15 is 0 Å². The normalized spacial score (nSPS) is 23.4. The van der Waals surface area contributed by atoms with Crippen LogP contribution in [0.25, 0.3) is 21.3 Å². The van der Waals surface area contributed by atoms with E-state index in [2.05, 4.69) is 27.2 Å². The van der Waals surface area contributed by atoms with E-state index in [9.17, 15) is 14.4 Å². The molecule has 0 bridgehead atoms. The maximum Gasteiger partial charge on any atom is 0.262 e. The maximum atomic E-state index is 14.1. The minimum absolute atomic E-state index is 0.223. The quantitative estimate of drug-likeness (QED) is 0.174. The Morgan fingerprint density at radius 2 is 1.80 bits per heavy atom. The first-order valence-electron chi connectivity index (χ1n) is 13.3. The Balaban J connectivity index is 1.44. The van der Waals surface area contributed by atoms with Crippen LogP contribution in [0.2, 0.25) is 0 Å². The van der Waals surface area contributed by atoms with Gasteiger partial charge >= 0.3 is 0 Å². The number of aromatic nitrogens is 2. The Hall–Kier alpha value is -4.45. The van der Waals surface area contributed by atoms with E-state index in [-0.39, 0.29) is 23.9 Å². The van der Waals surface area contributed by atoms with Crippen LogP contribution in [0.3, 0.4) is 0 Å². The molecule has 2 aliphatic rings. The van der Waals surface area contributed by atoms with Gasteiger partial charge in [0.05, 0.1) is 27.0 Å². The molecule has 4 aromatic rings. The van der Waals surface area contributed by atoms with Crippen molar-refractivity contribution in [3.05, 3.63) is 89.2 Å². The number of rotatable bonds is 6. The lowest BCUT2D eigenvalue weighted by Crippen LogP contribution is -2.53. The first kappa shape index (κ1) is 26.8. The van der Waals surface area contributed by atoms with Crippen LogP contribution < -0.4 is 27.8 Å². The van der Waals surface area contributed by atoms with Gasteiger partial charge in [-0.15, -0.1) is 11.3 Å². The summed E-state index contributed by atoms with van der Waals surface area (Å²) in [4.78, 5) is 48.8. The van der Waals surface area contributed by atoms with Crippen LogP contribution >= 0.6 is 11.3 Å². The number of hydrogen-bond acceptors (Lipinski definition) is 9. The molecule has 1 saturated carbocycles. The lowest BCUT2D eigenvalue weighted by atomic mass is 9.72. The molecule has 0 saturated heterocycles. The van der Waals surface area contributed by atoms with Gasteiger partial charge in [0, 0.05) is 34.3 Å². The molecule has 0 radical (unpaired) electrons. The third-order valence-corrected chi connectivity index (χ3v) is 9.26. The largest absolute Gasteiger partial charge is 0.398 e. The third-order valence-electron chi connectivity index (χ3n) is 8.01. The van der Waals surface area contributed by atoms with Crippen LogP contribution in [0.4, 0.5) is 5.69 Å². The van der Waals surface area contributed by atoms with Crippen molar-refractivity contribution in [1.29, 1.82) is 0 Å². The van der Waals surface area contributed by atoms with E-state index in [4.69, 9.17) is 17.2 Å². The van der Waals surface area contributed by atoms with Gasteiger partial charge < -0.3 is 27.8 Å². The summed E-state index contributed by atoms with van der Waals surface area (Å²) in [6, 6.07) is 12.9. The highest BCUT2D eigenvalue weighted by Gasteiger charge is 2.50. The molecule has 41 heavy (non-hydrogen) atoms. The van der Waals surface area contributed by atoms with Gasteiger partial charge in [-0.05, 0) is 43.0 Å². The number of benzene rings is 2. The number of anilines is 1. The molecule has 0 aliphatic heterocycles. The number of nitrogens with two attached hydrogens (primary N) is 3. The molecule has 4 atom stereocenters. The number of carbonyl (C=O) groups is 3. The number of hydrogen-bond donors (Lipinski definition) is 5. The zero-order valence-corrected chi connectivity index (χ0v) is 22.9. The second-order valence-corrected chi connectivity index (χ2v) is 11.4. The standard InChI is InChI=1S/C30H29N7O3S/c1-2-22(38)36-18-9-6-10-19(18)37-29(40)27-24-23-16(11-12-17(31)26(23)41-27)30(33,28(39)25(24)32)21-13-20(34-14-35-21)15-7-4-3-5-8-15/h2-5,7-8,11-14,18-19,25H,1,6,9-10,31-33H2,(H,36,38)(H,37,40)/t18-,19+,25?,30?/m0/s1. The summed E-state index contributed by atoms with van der Waals surface area (Å²) in [7, 11) is 0. The molecule has 6 rings (SSSR count). The Bertz CT molecular complexity index is 1720. The van der Waals surface area contributed by atoms with Crippen LogP contribution in [0.15, 0.2) is 67.5 Å². The summed E-state index contributed by atoms with van der Waals surface area (Å²) in [5.74, 6) is -1.16. The van der Waals surface area contributed by atoms with Gasteiger partial charge in [-0.2, -0.15) is 0 Å². The van der Waals surface area contributed by atoms with E-state index in [1.54, 1.807) is 18.2 Å². The summed E-state index contributed by atoms with van der Waals surface area (Å²) >= 11 is 1.18. The van der Waals surface area contributed by atoms with Gasteiger partial charge in [0.2, 0.25) is 5.91 Å². The average Bonchev–Trinajstić information content (AvgIpc) is 3.61. The van der Waals surface area contributed by atoms with Crippen LogP contribution in [0, 0.1) is 0 Å². The zero-order valence-electron chi connectivity index (χ0n) is 22.1. The molecule has 10 nitrogen and oxygen atoms in total. The van der Waals surface area contributed by atoms with Crippen molar-refractivity contribution >= 4 is 44.7 Å². The number of amides is 2. The summed E-state index contributed by atoms with van der Waals surface area (Å²) in [5, 5.41) is 6.53. The number of nitrogens with zero attached hydrogens (tertiary/aromatic N) is 2. The molecular formula is C30H29N7O3S. The molecule has 1 fully saturated rings. The summed E-state index contributed by atoms with van der Waals surface area (Å²) < 4.78 is 0.626. The predicted molar refractivity (Wildman–Crippen MR) is 158 cm³/mol. The summed E-state index contributed by atoms with van der Waals surface area (Å²) in [5.41, 5.74) is 21.4. The van der Waals surface area contributed by atoms with Crippen molar-refractivity contribution in [2.75, 3.05) is 5.73 Å². The Kier molecular flexibility index (Phi) is 6.65. The smallest absolute Gasteiger partial charge is 0.262 e. The van der Waals surface area contributed by atoms with Crippen molar-refractivity contribution < 1.29 is 14.4 Å². The first-order valence-corrected chi connectivity index (χ1v) is 14.1. The van der Waals surface area contributed by atoms with Crippen molar-refractivity contribution in [2.45, 2.75) is 42.9 Å². The van der Waals surface area contributed by atoms with Crippen molar-refractivity contribution in [2.24, 2.45) is 11.5 Å². The SMILES string of the molecule is C=CC(=O)N[C@H]1CCC[C@H]1NC(=O)c1sc2c(N)ccc3c2c1C(N)C(=O)C3(N)c1cc(-c2ccccc2)ncn1. The van der Waals surface area contributed by atoms with E-state index < -0.39 is 17.4 Å². The van der Waals surface area contributed by atoms with E-state index in [1.165, 1.54) is 23.7 Å². The van der Waals surface area contributed by atoms with Crippen LogP contribution in [-0.4, -0.2) is 39.6 Å². The van der Waals surface area contributed by atoms with Crippen LogP contribution in [0.5, 0.6) is 0 Å². The fraction of sp³-hybridized carbons (Fsp3) is 0.233. The van der Waals surface area contributed by atoms with Gasteiger partial charge in [0.15, 0.2) is 5.78 Å². The van der Waals surface area contributed by atoms with Gasteiger partial charge in [-0.1, -0.05) is 43.0 Å². The fourth-order valence-electron chi connectivity index (χ4n) is 5.93. The van der Waals surface area contributed by atoms with Gasteiger partial charge in [-0.25, -0.2) is 9.97 Å². The second-order valence-electron chi connectivity index (χ2n) is 10.4. The number of nitrogens with one attached hydrogen (secondary N) is 2. The third kappa shape index (κ3) is 4.29. The summed E-state index contributed by atoms with van der Waals surface area (Å²) in [6.45, 7) is 3.50. The van der Waals surface area contributed by atoms with E-state index in [1.807, 2.05) is 30.3 Å². The second kappa shape index (κ2) is 10.2. The monoisotopic (exact) mass is 567 g/mol. The first-order chi connectivity index (χ1) is 19.7. The number of thiophene rings is 1. The van der Waals surface area contributed by atoms with E-state index in [0.29, 0.717) is 49.6 Å². The highest BCUT2D eigenvalue weighted by molar-refractivity contribution is 7.21. The van der Waals surface area contributed by atoms with Crippen LogP contribution in [-0.2, 0) is 15.1 Å². The molecule has 2 heterocycles. The fourth-order valence-corrected chi connectivity index (χ4v) is 7.14. The topological polar surface area (TPSA) is 179 Å². The molecule has 2 aromatic heterocycles. The minimum Gasteiger partial charge on any atom is -0.398 e. The van der Waals surface area contributed by atoms with Crippen molar-refractivity contribution in [3.63, 3.8) is 0 Å². The molecule has 2 amide bonds. The van der Waals surface area contributed by atoms with Crippen LogP contribution in [0.1, 0.15) is 51.8 Å². The van der Waals surface area contributed by atoms with Crippen molar-refractivity contribution in [1.82, 2.24) is 20.6 Å². The average molecular weight is 568 g/mol. The highest BCUT2D eigenvalue weighted by atomic mass is 32.1. The highest BCUT2D eigenvalue weighted by Crippen LogP contribution is 2.49. The molecule has 2 unspecified atom stereocenters. The Morgan fingerprint density at radius 3 is 2.54 bits per heavy atom. The molecule has 2 aliphatic carbocycles. The number of carbonyl (C=O) groups excluding carboxylic acids is 3. The number of ketones is 1. The van der Waals surface area contributed by atoms with Gasteiger partial charge in [-0.3, -0.25) is 14.4 Å². The lowest BCUT2D eigenvalue weighted by Gasteiger charge is -2.35. The molecule has 208 valence electrons. The zero-order chi connectivity index (χ0) is 28.9. The van der Waals surface area contributed by atoms with Gasteiger partial charge in [0.25, 0.3) is 5.91 Å². The predicted octanol–water partition coefficient (Wildman–Crippen LogP) is 2.68.